The molecule has 0 spiro atoms. The van der Waals surface area contributed by atoms with Crippen LogP contribution < -0.4 is 20.6 Å². The molecule has 2 N–H and O–H groups in total. The van der Waals surface area contributed by atoms with E-state index in [1.54, 1.807) is 53.7 Å². The van der Waals surface area contributed by atoms with E-state index in [0.717, 1.165) is 73.6 Å². The number of H-pyrrole nitrogens is 2. The number of benzene rings is 4. The number of carbonyl (C=O) groups excluding carboxylic acids is 2. The summed E-state index contributed by atoms with van der Waals surface area (Å²) < 4.78 is 22.8. The van der Waals surface area contributed by atoms with Gasteiger partial charge in [-0.25, -0.2) is 19.6 Å². The third kappa shape index (κ3) is 13.9. The minimum Gasteiger partial charge on any atom is -0.481 e. The van der Waals surface area contributed by atoms with E-state index in [2.05, 4.69) is 19.9 Å². The lowest BCUT2D eigenvalue weighted by Gasteiger charge is -2.30. The van der Waals surface area contributed by atoms with Crippen LogP contribution in [0.25, 0.3) is 0 Å². The van der Waals surface area contributed by atoms with Crippen molar-refractivity contribution in [3.63, 3.8) is 0 Å². The Kier molecular flexibility index (Phi) is 17.3. The summed E-state index contributed by atoms with van der Waals surface area (Å²) in [5.41, 5.74) is 0.461. The van der Waals surface area contributed by atoms with E-state index in [1.807, 2.05) is 84.9 Å². The molecule has 0 aliphatic heterocycles. The lowest BCUT2D eigenvalue weighted by molar-refractivity contribution is 0.00446. The Hall–Kier alpha value is -5.66. The van der Waals surface area contributed by atoms with Crippen LogP contribution in [0.5, 0.6) is 11.5 Å². The molecule has 2 heterocycles. The Bertz CT molecular complexity index is 2790. The minimum absolute atomic E-state index is 0.119. The van der Waals surface area contributed by atoms with Crippen LogP contribution in [0.15, 0.2) is 107 Å². The number of aromatic amines is 2. The van der Waals surface area contributed by atoms with Gasteiger partial charge in [0.1, 0.15) is 36.1 Å². The average Bonchev–Trinajstić information content (AvgIpc) is 4.01. The predicted molar refractivity (Wildman–Crippen MR) is 282 cm³/mol. The Labute approximate surface area is 440 Å². The lowest BCUT2D eigenvalue weighted by Crippen LogP contribution is -2.31. The molecule has 8 rings (SSSR count). The van der Waals surface area contributed by atoms with Crippen LogP contribution in [0.1, 0.15) is 148 Å². The van der Waals surface area contributed by atoms with Gasteiger partial charge in [-0.1, -0.05) is 145 Å². The largest absolute Gasteiger partial charge is 0.481 e. The van der Waals surface area contributed by atoms with E-state index in [-0.39, 0.29) is 46.9 Å². The summed E-state index contributed by atoms with van der Waals surface area (Å²) in [7, 11) is 0. The fourth-order valence-corrected chi connectivity index (χ4v) is 9.97. The Morgan fingerprint density at radius 2 is 0.875 bits per heavy atom. The quantitative estimate of drug-likeness (QED) is 0.100. The zero-order chi connectivity index (χ0) is 51.8. The number of aromatic nitrogens is 4. The molecule has 0 saturated heterocycles. The highest BCUT2D eigenvalue weighted by molar-refractivity contribution is 6.42. The summed E-state index contributed by atoms with van der Waals surface area (Å²) in [5, 5.41) is 1.96. The molecule has 380 valence electrons. The second kappa shape index (κ2) is 23.0. The molecule has 0 radical (unpaired) electrons. The van der Waals surface area contributed by atoms with Gasteiger partial charge in [0.25, 0.3) is 11.1 Å². The molecule has 4 aromatic carbocycles. The summed E-state index contributed by atoms with van der Waals surface area (Å²) in [6.07, 6.45) is 8.67. The molecule has 6 aromatic rings. The second-order valence-corrected chi connectivity index (χ2v) is 22.1. The molecule has 2 fully saturated rings. The molecule has 16 heteroatoms. The number of hydrogen-bond acceptors (Lipinski definition) is 10. The van der Waals surface area contributed by atoms with Crippen molar-refractivity contribution in [3.05, 3.63) is 183 Å². The highest BCUT2D eigenvalue weighted by Crippen LogP contribution is 2.46. The minimum atomic E-state index is -0.759. The number of nitrogens with zero attached hydrogens (tertiary/aromatic N) is 2. The normalized spacial score (nSPS) is 15.0. The zero-order valence-electron chi connectivity index (χ0n) is 41.4. The molecule has 2 aromatic heterocycles. The van der Waals surface area contributed by atoms with Crippen LogP contribution in [-0.4, -0.2) is 43.1 Å². The number of ether oxygens (including phenoxy) is 4. The first-order valence-corrected chi connectivity index (χ1v) is 25.6. The fourth-order valence-electron chi connectivity index (χ4n) is 9.37. The summed E-state index contributed by atoms with van der Waals surface area (Å²) >= 11 is 25.0. The molecule has 0 unspecified atom stereocenters. The van der Waals surface area contributed by atoms with Crippen molar-refractivity contribution in [3.8, 4) is 11.5 Å². The second-order valence-electron chi connectivity index (χ2n) is 20.5. The molecule has 72 heavy (non-hydrogen) atoms. The fraction of sp³-hybridized carbons (Fsp3) is 0.393. The smallest absolute Gasteiger partial charge is 0.361 e. The van der Waals surface area contributed by atoms with Crippen LogP contribution in [0.3, 0.4) is 0 Å². The van der Waals surface area contributed by atoms with E-state index in [9.17, 15) is 19.2 Å². The Balaban J connectivity index is 0.000000211. The van der Waals surface area contributed by atoms with E-state index < -0.39 is 34.3 Å². The van der Waals surface area contributed by atoms with Gasteiger partial charge in [0, 0.05) is 23.7 Å². The summed E-state index contributed by atoms with van der Waals surface area (Å²) in [4.78, 5) is 67.5. The third-order valence-corrected chi connectivity index (χ3v) is 14.2. The lowest BCUT2D eigenvalue weighted by atomic mass is 9.76. The summed E-state index contributed by atoms with van der Waals surface area (Å²) in [5.74, 6) is -0.888. The van der Waals surface area contributed by atoms with Crippen molar-refractivity contribution in [2.75, 3.05) is 0 Å². The Morgan fingerprint density at radius 1 is 0.528 bits per heavy atom. The number of carbonyl (C=O) groups is 2. The number of nitrogens with one attached hydrogen (secondary N) is 2. The van der Waals surface area contributed by atoms with Crippen LogP contribution >= 0.6 is 46.4 Å². The molecule has 12 nitrogen and oxygen atoms in total. The first-order valence-electron chi connectivity index (χ1n) is 24.1. The molecule has 0 amide bonds. The first kappa shape index (κ1) is 54.1. The van der Waals surface area contributed by atoms with Crippen molar-refractivity contribution in [2.24, 2.45) is 0 Å². The number of halogens is 4. The maximum absolute atomic E-state index is 13.2. The number of hydrogen-bond donors (Lipinski definition) is 2. The zero-order valence-corrected chi connectivity index (χ0v) is 44.4. The number of esters is 2. The van der Waals surface area contributed by atoms with Crippen LogP contribution in [-0.2, 0) is 46.4 Å². The average molecular weight is 1060 g/mol. The molecular formula is C56H60Cl4N4O8. The summed E-state index contributed by atoms with van der Waals surface area (Å²) in [6, 6.07) is 30.1. The molecular weight excluding hydrogens is 998 g/mol. The van der Waals surface area contributed by atoms with Crippen molar-refractivity contribution in [2.45, 2.75) is 141 Å². The molecule has 2 aliphatic carbocycles. The first-order chi connectivity index (χ1) is 34.1. The van der Waals surface area contributed by atoms with Crippen LogP contribution in [0.2, 0.25) is 20.1 Å². The third-order valence-electron chi connectivity index (χ3n) is 12.7. The van der Waals surface area contributed by atoms with Gasteiger partial charge in [-0.2, -0.15) is 0 Å². The van der Waals surface area contributed by atoms with Gasteiger partial charge in [-0.3, -0.25) is 9.59 Å². The van der Waals surface area contributed by atoms with Crippen LogP contribution in [0.4, 0.5) is 0 Å². The van der Waals surface area contributed by atoms with E-state index in [4.69, 9.17) is 65.4 Å². The predicted octanol–water partition coefficient (Wildman–Crippen LogP) is 13.3. The van der Waals surface area contributed by atoms with Crippen molar-refractivity contribution in [1.82, 2.24) is 19.9 Å². The van der Waals surface area contributed by atoms with Crippen molar-refractivity contribution < 1.29 is 28.5 Å². The molecule has 0 bridgehead atoms. The standard InChI is InChI=1S/2C28H30Cl2N2O4/c2*1-27(2,3)36-26(34)23-24(35-17-18-9-5-4-6-10-18)25(33)32-22(31-23)16-28(13-7-8-14-28)19-11-12-20(29)21(30)15-19/h2*4-6,9-12,15H,7-8,13-14,16-17H2,1-3H3,(H,31,32,33). The van der Waals surface area contributed by atoms with Gasteiger partial charge in [0.15, 0.2) is 11.4 Å². The van der Waals surface area contributed by atoms with E-state index in [0.29, 0.717) is 44.6 Å². The number of rotatable bonds is 14. The van der Waals surface area contributed by atoms with Crippen LogP contribution in [0, 0.1) is 0 Å². The van der Waals surface area contributed by atoms with Gasteiger partial charge >= 0.3 is 11.9 Å². The Morgan fingerprint density at radius 3 is 1.19 bits per heavy atom. The van der Waals surface area contributed by atoms with Crippen molar-refractivity contribution >= 4 is 58.3 Å². The van der Waals surface area contributed by atoms with Gasteiger partial charge in [-0.15, -0.1) is 0 Å². The molecule has 2 saturated carbocycles. The maximum atomic E-state index is 13.2. The topological polar surface area (TPSA) is 163 Å². The van der Waals surface area contributed by atoms with E-state index >= 15 is 0 Å². The summed E-state index contributed by atoms with van der Waals surface area (Å²) in [6.45, 7) is 10.8. The van der Waals surface area contributed by atoms with Gasteiger partial charge in [0.05, 0.1) is 20.1 Å². The highest BCUT2D eigenvalue weighted by atomic mass is 35.5. The molecule has 2 aliphatic rings. The highest BCUT2D eigenvalue weighted by Gasteiger charge is 2.39. The van der Waals surface area contributed by atoms with E-state index in [1.165, 1.54) is 0 Å². The van der Waals surface area contributed by atoms with Gasteiger partial charge < -0.3 is 28.9 Å². The van der Waals surface area contributed by atoms with Crippen molar-refractivity contribution in [1.29, 1.82) is 0 Å². The van der Waals surface area contributed by atoms with Gasteiger partial charge in [0.2, 0.25) is 11.5 Å². The maximum Gasteiger partial charge on any atom is 0.361 e. The van der Waals surface area contributed by atoms with Gasteiger partial charge in [-0.05, 0) is 114 Å². The SMILES string of the molecule is CC(C)(C)OC(=O)c1nc(CC2(c3ccc(Cl)c(Cl)c3)CCCC2)[nH]c(=O)c1OCc1ccccc1.CC(C)(C)OC(=O)c1nc(CC2(c3ccc(Cl)c(Cl)c3)CCCC2)[nH]c(=O)c1OCc1ccccc1. The monoisotopic (exact) mass is 1060 g/mol. The molecule has 0 atom stereocenters.